The third kappa shape index (κ3) is 3.72. The van der Waals surface area contributed by atoms with Gasteiger partial charge in [-0.2, -0.15) is 0 Å². The Morgan fingerprint density at radius 2 is 1.90 bits per heavy atom. The Bertz CT molecular complexity index is 811. The Kier molecular flexibility index (Phi) is 4.50. The summed E-state index contributed by atoms with van der Waals surface area (Å²) in [6.45, 7) is 0. The third-order valence-corrected chi connectivity index (χ3v) is 4.80. The minimum atomic E-state index is -3.95. The molecule has 0 bridgehead atoms. The van der Waals surface area contributed by atoms with Crippen LogP contribution in [0.25, 0.3) is 0 Å². The summed E-state index contributed by atoms with van der Waals surface area (Å²) in [6, 6.07) is 9.40. The molecule has 0 saturated heterocycles. The highest BCUT2D eigenvalue weighted by Crippen LogP contribution is 2.28. The molecule has 2 rings (SSSR count). The van der Waals surface area contributed by atoms with E-state index in [4.69, 9.17) is 11.6 Å². The van der Waals surface area contributed by atoms with E-state index in [0.717, 1.165) is 6.07 Å². The van der Waals surface area contributed by atoms with Crippen molar-refractivity contribution < 1.29 is 13.3 Å². The Morgan fingerprint density at radius 3 is 2.57 bits per heavy atom. The zero-order valence-electron chi connectivity index (χ0n) is 10.3. The largest absolute Gasteiger partial charge is 0.278 e. The molecule has 0 aliphatic heterocycles. The smallest absolute Gasteiger partial charge is 0.270 e. The van der Waals surface area contributed by atoms with Crippen molar-refractivity contribution in [1.82, 2.24) is 0 Å². The van der Waals surface area contributed by atoms with Crippen LogP contribution < -0.4 is 4.72 Å². The Balaban J connectivity index is 2.41. The first-order valence-corrected chi connectivity index (χ1v) is 8.17. The van der Waals surface area contributed by atoms with Crippen molar-refractivity contribution in [1.29, 1.82) is 0 Å². The molecule has 0 atom stereocenters. The van der Waals surface area contributed by atoms with Gasteiger partial charge in [0.25, 0.3) is 15.7 Å². The van der Waals surface area contributed by atoms with Gasteiger partial charge in [-0.25, -0.2) is 8.42 Å². The molecule has 1 N–H and O–H groups in total. The molecule has 2 aromatic carbocycles. The molecule has 0 aliphatic carbocycles. The van der Waals surface area contributed by atoms with Gasteiger partial charge in [-0.3, -0.25) is 14.8 Å². The normalized spacial score (nSPS) is 11.1. The maximum atomic E-state index is 12.2. The lowest BCUT2D eigenvalue weighted by molar-refractivity contribution is -0.385. The van der Waals surface area contributed by atoms with Crippen LogP contribution in [0, 0.1) is 10.1 Å². The highest BCUT2D eigenvalue weighted by atomic mass is 79.9. The lowest BCUT2D eigenvalue weighted by Gasteiger charge is -2.10. The molecule has 0 spiro atoms. The van der Waals surface area contributed by atoms with Crippen LogP contribution in [-0.4, -0.2) is 13.3 Å². The third-order valence-electron chi connectivity index (χ3n) is 2.51. The quantitative estimate of drug-likeness (QED) is 0.634. The first-order chi connectivity index (χ1) is 9.79. The highest BCUT2D eigenvalue weighted by molar-refractivity contribution is 9.10. The van der Waals surface area contributed by atoms with E-state index in [-0.39, 0.29) is 16.3 Å². The second-order valence-corrected chi connectivity index (χ2v) is 6.96. The van der Waals surface area contributed by atoms with Gasteiger partial charge in [0.1, 0.15) is 0 Å². The van der Waals surface area contributed by atoms with Crippen molar-refractivity contribution in [2.24, 2.45) is 0 Å². The van der Waals surface area contributed by atoms with Gasteiger partial charge in [0.2, 0.25) is 0 Å². The summed E-state index contributed by atoms with van der Waals surface area (Å²) in [5.74, 6) is 0. The highest BCUT2D eigenvalue weighted by Gasteiger charge is 2.18. The van der Waals surface area contributed by atoms with Crippen molar-refractivity contribution in [3.05, 3.63) is 62.1 Å². The van der Waals surface area contributed by atoms with E-state index in [1.54, 1.807) is 12.1 Å². The summed E-state index contributed by atoms with van der Waals surface area (Å²) in [6.07, 6.45) is 0. The molecule has 6 nitrogen and oxygen atoms in total. The number of sulfonamides is 1. The number of hydrogen-bond acceptors (Lipinski definition) is 4. The van der Waals surface area contributed by atoms with Crippen LogP contribution in [0.5, 0.6) is 0 Å². The minimum absolute atomic E-state index is 0.205. The van der Waals surface area contributed by atoms with Gasteiger partial charge in [-0.05, 0) is 40.2 Å². The molecular weight excluding hydrogens is 384 g/mol. The van der Waals surface area contributed by atoms with Crippen LogP contribution in [-0.2, 0) is 10.0 Å². The van der Waals surface area contributed by atoms with E-state index in [2.05, 4.69) is 20.7 Å². The number of halogens is 2. The topological polar surface area (TPSA) is 89.3 Å². The van der Waals surface area contributed by atoms with Crippen LogP contribution in [0.1, 0.15) is 0 Å². The number of nitrogens with one attached hydrogen (secondary N) is 1. The SMILES string of the molecule is O=[N+]([O-])c1cccc(S(=O)(=O)Nc2cc(Cl)ccc2Br)c1. The maximum absolute atomic E-state index is 12.2. The Hall–Kier alpha value is -1.64. The second kappa shape index (κ2) is 6.00. The average Bonchev–Trinajstić information content (AvgIpc) is 2.43. The summed E-state index contributed by atoms with van der Waals surface area (Å²) >= 11 is 9.01. The van der Waals surface area contributed by atoms with Crippen LogP contribution >= 0.6 is 27.5 Å². The molecular formula is C12H8BrClN2O4S. The molecule has 0 aliphatic rings. The van der Waals surface area contributed by atoms with E-state index in [9.17, 15) is 18.5 Å². The molecule has 0 aromatic heterocycles. The second-order valence-electron chi connectivity index (χ2n) is 3.98. The summed E-state index contributed by atoms with van der Waals surface area (Å²) in [7, 11) is -3.95. The molecule has 110 valence electrons. The van der Waals surface area contributed by atoms with Crippen LogP contribution in [0.4, 0.5) is 11.4 Å². The first kappa shape index (κ1) is 15.7. The monoisotopic (exact) mass is 390 g/mol. The van der Waals surface area contributed by atoms with Gasteiger partial charge in [0, 0.05) is 21.6 Å². The zero-order chi connectivity index (χ0) is 15.6. The van der Waals surface area contributed by atoms with Crippen LogP contribution in [0.3, 0.4) is 0 Å². The van der Waals surface area contributed by atoms with Crippen molar-refractivity contribution >= 4 is 48.9 Å². The van der Waals surface area contributed by atoms with Gasteiger partial charge in [-0.1, -0.05) is 17.7 Å². The molecule has 2 aromatic rings. The van der Waals surface area contributed by atoms with E-state index in [1.807, 2.05) is 0 Å². The van der Waals surface area contributed by atoms with Gasteiger partial charge < -0.3 is 0 Å². The minimum Gasteiger partial charge on any atom is -0.278 e. The van der Waals surface area contributed by atoms with E-state index in [1.165, 1.54) is 24.3 Å². The number of nitrogens with zero attached hydrogens (tertiary/aromatic N) is 1. The number of benzene rings is 2. The lowest BCUT2D eigenvalue weighted by Crippen LogP contribution is -2.13. The zero-order valence-corrected chi connectivity index (χ0v) is 13.4. The summed E-state index contributed by atoms with van der Waals surface area (Å²) in [4.78, 5) is 9.84. The standard InChI is InChI=1S/C12H8BrClN2O4S/c13-11-5-4-8(14)6-12(11)15-21(19,20)10-3-1-2-9(7-10)16(17)18/h1-7,15H. The molecule has 0 fully saturated rings. The first-order valence-electron chi connectivity index (χ1n) is 5.52. The van der Waals surface area contributed by atoms with Crippen molar-refractivity contribution in [3.63, 3.8) is 0 Å². The number of rotatable bonds is 4. The molecule has 0 saturated carbocycles. The number of anilines is 1. The Morgan fingerprint density at radius 1 is 1.19 bits per heavy atom. The maximum Gasteiger partial charge on any atom is 0.270 e. The van der Waals surface area contributed by atoms with Crippen LogP contribution in [0.15, 0.2) is 51.8 Å². The number of non-ortho nitro benzene ring substituents is 1. The Labute approximate surface area is 134 Å². The van der Waals surface area contributed by atoms with E-state index < -0.39 is 14.9 Å². The molecule has 0 heterocycles. The van der Waals surface area contributed by atoms with Crippen molar-refractivity contribution in [3.8, 4) is 0 Å². The average molecular weight is 392 g/mol. The predicted octanol–water partition coefficient (Wildman–Crippen LogP) is 3.81. The van der Waals surface area contributed by atoms with Gasteiger partial charge in [-0.15, -0.1) is 0 Å². The van der Waals surface area contributed by atoms with Crippen molar-refractivity contribution in [2.75, 3.05) is 4.72 Å². The number of nitro groups is 1. The van der Waals surface area contributed by atoms with E-state index >= 15 is 0 Å². The molecule has 21 heavy (non-hydrogen) atoms. The van der Waals surface area contributed by atoms with Gasteiger partial charge in [0.05, 0.1) is 15.5 Å². The molecule has 0 amide bonds. The van der Waals surface area contributed by atoms with Crippen molar-refractivity contribution in [2.45, 2.75) is 4.90 Å². The summed E-state index contributed by atoms with van der Waals surface area (Å²) in [5.41, 5.74) is -0.0583. The predicted molar refractivity (Wildman–Crippen MR) is 83.1 cm³/mol. The number of hydrogen-bond donors (Lipinski definition) is 1. The fourth-order valence-corrected chi connectivity index (χ4v) is 3.30. The molecule has 9 heteroatoms. The molecule has 0 unspecified atom stereocenters. The van der Waals surface area contributed by atoms with Gasteiger partial charge >= 0.3 is 0 Å². The van der Waals surface area contributed by atoms with E-state index in [0.29, 0.717) is 9.50 Å². The lowest BCUT2D eigenvalue weighted by atomic mass is 10.3. The number of nitro benzene ring substituents is 1. The summed E-state index contributed by atoms with van der Waals surface area (Å²) in [5, 5.41) is 11.1. The van der Waals surface area contributed by atoms with Crippen LogP contribution in [0.2, 0.25) is 5.02 Å². The molecule has 0 radical (unpaired) electrons. The van der Waals surface area contributed by atoms with Gasteiger partial charge in [0.15, 0.2) is 0 Å². The fourth-order valence-electron chi connectivity index (χ4n) is 1.54. The summed E-state index contributed by atoms with van der Waals surface area (Å²) < 4.78 is 27.3. The fraction of sp³-hybridized carbons (Fsp3) is 0.